The molecule has 6 heteroatoms. The third-order valence-electron chi connectivity index (χ3n) is 4.87. The Morgan fingerprint density at radius 3 is 2.32 bits per heavy atom. The predicted octanol–water partition coefficient (Wildman–Crippen LogP) is 2.48. The lowest BCUT2D eigenvalue weighted by molar-refractivity contribution is -0.146. The second-order valence-corrected chi connectivity index (χ2v) is 6.25. The van der Waals surface area contributed by atoms with E-state index >= 15 is 0 Å². The van der Waals surface area contributed by atoms with Crippen molar-refractivity contribution >= 4 is 18.4 Å². The van der Waals surface area contributed by atoms with Crippen LogP contribution in [0.3, 0.4) is 0 Å². The normalized spacial score (nSPS) is 22.8. The second kappa shape index (κ2) is 5.97. The maximum absolute atomic E-state index is 11.4. The summed E-state index contributed by atoms with van der Waals surface area (Å²) in [5.74, 6) is -0.398. The minimum absolute atomic E-state index is 0. The number of carbonyl (C=O) groups is 1. The fraction of sp³-hybridized carbons (Fsp3) is 0.562. The number of hydrogen-bond acceptors (Lipinski definition) is 4. The molecule has 1 aliphatic rings. The average molecular weight is 330 g/mol. The highest BCUT2D eigenvalue weighted by molar-refractivity contribution is 5.85. The van der Waals surface area contributed by atoms with Gasteiger partial charge in [0.2, 0.25) is 0 Å². The van der Waals surface area contributed by atoms with Crippen LogP contribution in [-0.2, 0) is 11.2 Å². The van der Waals surface area contributed by atoms with Crippen molar-refractivity contribution < 1.29 is 19.7 Å². The van der Waals surface area contributed by atoms with Crippen molar-refractivity contribution in [3.8, 4) is 11.5 Å². The van der Waals surface area contributed by atoms with Gasteiger partial charge in [0.15, 0.2) is 0 Å². The molecule has 1 aromatic rings. The number of aliphatic carboxylic acids is 1. The predicted molar refractivity (Wildman–Crippen MR) is 87.1 cm³/mol. The second-order valence-electron chi connectivity index (χ2n) is 6.25. The highest BCUT2D eigenvalue weighted by Crippen LogP contribution is 2.43. The SMILES string of the molecule is Cc1c(C)c2c(c(C)c1O)CC([C@@](C)(N)C(=O)O)C(C)O2.Cl. The maximum atomic E-state index is 11.4. The van der Waals surface area contributed by atoms with Crippen molar-refractivity contribution in [1.29, 1.82) is 0 Å². The number of aromatic hydroxyl groups is 1. The first-order valence-corrected chi connectivity index (χ1v) is 7.09. The molecule has 1 aromatic carbocycles. The van der Waals surface area contributed by atoms with Crippen molar-refractivity contribution in [2.45, 2.75) is 52.7 Å². The van der Waals surface area contributed by atoms with Crippen LogP contribution in [0.15, 0.2) is 0 Å². The van der Waals surface area contributed by atoms with Crippen LogP contribution in [0.25, 0.3) is 0 Å². The van der Waals surface area contributed by atoms with Crippen LogP contribution in [0.2, 0.25) is 0 Å². The summed E-state index contributed by atoms with van der Waals surface area (Å²) in [4.78, 5) is 11.4. The van der Waals surface area contributed by atoms with E-state index in [4.69, 9.17) is 10.5 Å². The van der Waals surface area contributed by atoms with Gasteiger partial charge in [0.05, 0.1) is 0 Å². The Kier molecular flexibility index (Phi) is 5.04. The molecule has 0 saturated carbocycles. The van der Waals surface area contributed by atoms with Gasteiger partial charge in [-0.05, 0) is 57.7 Å². The number of hydrogen-bond donors (Lipinski definition) is 3. The molecule has 124 valence electrons. The zero-order valence-electron chi connectivity index (χ0n) is 13.6. The zero-order valence-corrected chi connectivity index (χ0v) is 14.4. The summed E-state index contributed by atoms with van der Waals surface area (Å²) in [6, 6.07) is 0. The molecule has 2 rings (SSSR count). The Morgan fingerprint density at radius 2 is 1.82 bits per heavy atom. The Labute approximate surface area is 136 Å². The van der Waals surface area contributed by atoms with E-state index < -0.39 is 11.5 Å². The minimum atomic E-state index is -1.38. The van der Waals surface area contributed by atoms with E-state index in [-0.39, 0.29) is 30.2 Å². The number of ether oxygens (including phenoxy) is 1. The van der Waals surface area contributed by atoms with Gasteiger partial charge in [-0.1, -0.05) is 0 Å². The lowest BCUT2D eigenvalue weighted by Crippen LogP contribution is -2.57. The molecule has 1 aliphatic heterocycles. The maximum Gasteiger partial charge on any atom is 0.323 e. The van der Waals surface area contributed by atoms with Gasteiger partial charge in [-0.3, -0.25) is 4.79 Å². The van der Waals surface area contributed by atoms with E-state index in [2.05, 4.69) is 0 Å². The third kappa shape index (κ3) is 2.63. The summed E-state index contributed by atoms with van der Waals surface area (Å²) in [6.07, 6.45) is 0.182. The van der Waals surface area contributed by atoms with Crippen molar-refractivity contribution in [2.75, 3.05) is 0 Å². The van der Waals surface area contributed by atoms with Crippen LogP contribution in [0, 0.1) is 26.7 Å². The van der Waals surface area contributed by atoms with E-state index in [1.165, 1.54) is 6.92 Å². The van der Waals surface area contributed by atoms with Gasteiger partial charge in [-0.15, -0.1) is 12.4 Å². The van der Waals surface area contributed by atoms with Crippen LogP contribution >= 0.6 is 12.4 Å². The van der Waals surface area contributed by atoms with Crippen molar-refractivity contribution in [2.24, 2.45) is 11.7 Å². The highest BCUT2D eigenvalue weighted by atomic mass is 35.5. The zero-order chi connectivity index (χ0) is 16.1. The van der Waals surface area contributed by atoms with Gasteiger partial charge in [0.25, 0.3) is 0 Å². The molecule has 22 heavy (non-hydrogen) atoms. The van der Waals surface area contributed by atoms with Gasteiger partial charge >= 0.3 is 5.97 Å². The fourth-order valence-electron chi connectivity index (χ4n) is 3.09. The van der Waals surface area contributed by atoms with Crippen molar-refractivity contribution in [1.82, 2.24) is 0 Å². The van der Waals surface area contributed by atoms with E-state index in [0.29, 0.717) is 6.42 Å². The largest absolute Gasteiger partial charge is 0.507 e. The monoisotopic (exact) mass is 329 g/mol. The van der Waals surface area contributed by atoms with Crippen LogP contribution in [0.1, 0.15) is 36.1 Å². The first-order chi connectivity index (χ1) is 9.59. The number of rotatable bonds is 2. The molecule has 0 spiro atoms. The summed E-state index contributed by atoms with van der Waals surface area (Å²) >= 11 is 0. The van der Waals surface area contributed by atoms with Gasteiger partial charge in [0.1, 0.15) is 23.1 Å². The molecular weight excluding hydrogens is 306 g/mol. The fourth-order valence-corrected chi connectivity index (χ4v) is 3.09. The highest BCUT2D eigenvalue weighted by Gasteiger charge is 2.45. The number of carboxylic acids is 1. The van der Waals surface area contributed by atoms with Crippen LogP contribution in [-0.4, -0.2) is 27.8 Å². The first kappa shape index (κ1) is 18.6. The van der Waals surface area contributed by atoms with Crippen molar-refractivity contribution in [3.63, 3.8) is 0 Å². The van der Waals surface area contributed by atoms with Crippen LogP contribution < -0.4 is 10.5 Å². The minimum Gasteiger partial charge on any atom is -0.507 e. The van der Waals surface area contributed by atoms with Gasteiger partial charge in [0, 0.05) is 11.5 Å². The molecule has 2 unspecified atom stereocenters. The lowest BCUT2D eigenvalue weighted by Gasteiger charge is -2.40. The van der Waals surface area contributed by atoms with Crippen LogP contribution in [0.4, 0.5) is 0 Å². The number of halogens is 1. The third-order valence-corrected chi connectivity index (χ3v) is 4.87. The lowest BCUT2D eigenvalue weighted by atomic mass is 9.75. The van der Waals surface area contributed by atoms with E-state index in [9.17, 15) is 15.0 Å². The molecule has 0 bridgehead atoms. The molecule has 0 aliphatic carbocycles. The molecule has 0 aromatic heterocycles. The summed E-state index contributed by atoms with van der Waals surface area (Å²) in [5.41, 5.74) is 7.91. The van der Waals surface area contributed by atoms with Crippen LogP contribution in [0.5, 0.6) is 11.5 Å². The molecule has 0 amide bonds. The van der Waals surface area contributed by atoms with E-state index in [1.807, 2.05) is 27.7 Å². The van der Waals surface area contributed by atoms with E-state index in [0.717, 1.165) is 28.0 Å². The molecule has 5 nitrogen and oxygen atoms in total. The molecule has 3 atom stereocenters. The van der Waals surface area contributed by atoms with Gasteiger partial charge < -0.3 is 20.7 Å². The summed E-state index contributed by atoms with van der Waals surface area (Å²) in [7, 11) is 0. The Morgan fingerprint density at radius 1 is 1.27 bits per heavy atom. The Bertz CT molecular complexity index is 613. The summed E-state index contributed by atoms with van der Waals surface area (Å²) in [6.45, 7) is 8.94. The number of carboxylic acid groups (broad SMARTS) is 1. The average Bonchev–Trinajstić information content (AvgIpc) is 2.42. The molecule has 0 radical (unpaired) electrons. The molecule has 1 heterocycles. The smallest absolute Gasteiger partial charge is 0.323 e. The number of nitrogens with two attached hydrogens (primary N) is 1. The van der Waals surface area contributed by atoms with E-state index in [1.54, 1.807) is 0 Å². The molecule has 0 saturated heterocycles. The topological polar surface area (TPSA) is 92.8 Å². The Hall–Kier alpha value is -1.46. The number of phenolic OH excluding ortho intramolecular Hbond substituents is 1. The first-order valence-electron chi connectivity index (χ1n) is 7.09. The van der Waals surface area contributed by atoms with Gasteiger partial charge in [-0.2, -0.15) is 0 Å². The van der Waals surface area contributed by atoms with Crippen molar-refractivity contribution in [3.05, 3.63) is 22.3 Å². The number of phenols is 1. The molecular formula is C16H24ClNO4. The summed E-state index contributed by atoms with van der Waals surface area (Å²) < 4.78 is 5.97. The molecule has 4 N–H and O–H groups in total. The molecule has 0 fully saturated rings. The number of fused-ring (bicyclic) bond motifs is 1. The standard InChI is InChI=1S/C16H23NO4.ClH/c1-7-8(2)14-11(9(3)13(7)18)6-12(10(4)21-14)16(5,17)15(19)20;/h10,12,18H,6,17H2,1-5H3,(H,19,20);1H/t10?,12?,16-;/m1./s1. The number of benzene rings is 1. The van der Waals surface area contributed by atoms with Gasteiger partial charge in [-0.25, -0.2) is 0 Å². The summed E-state index contributed by atoms with van der Waals surface area (Å²) in [5, 5.41) is 19.6. The Balaban J connectivity index is 0.00000242. The quantitative estimate of drug-likeness (QED) is 0.775.